The molecule has 0 bridgehead atoms. The molecule has 0 aliphatic heterocycles. The van der Waals surface area contributed by atoms with E-state index in [0.29, 0.717) is 17.5 Å². The average molecular weight is 341 g/mol. The van der Waals surface area contributed by atoms with E-state index in [4.69, 9.17) is 11.6 Å². The van der Waals surface area contributed by atoms with Crippen molar-refractivity contribution in [1.29, 1.82) is 0 Å². The number of aromatic nitrogens is 2. The van der Waals surface area contributed by atoms with Gasteiger partial charge in [-0.05, 0) is 19.1 Å². The summed E-state index contributed by atoms with van der Waals surface area (Å²) in [6, 6.07) is 6.71. The van der Waals surface area contributed by atoms with Gasteiger partial charge in [-0.15, -0.1) is 0 Å². The zero-order valence-corrected chi connectivity index (χ0v) is 13.9. The molecule has 0 atom stereocenters. The Morgan fingerprint density at radius 2 is 1.91 bits per heavy atom. The Kier molecular flexibility index (Phi) is 5.33. The number of sulfonamides is 1. The van der Waals surface area contributed by atoms with E-state index in [0.717, 1.165) is 5.56 Å². The third-order valence-electron chi connectivity index (χ3n) is 3.05. The van der Waals surface area contributed by atoms with Gasteiger partial charge in [0.2, 0.25) is 10.0 Å². The molecule has 0 radical (unpaired) electrons. The average Bonchev–Trinajstić information content (AvgIpc) is 2.47. The van der Waals surface area contributed by atoms with Gasteiger partial charge in [0.25, 0.3) is 0 Å². The van der Waals surface area contributed by atoms with Crippen LogP contribution in [0.2, 0.25) is 5.15 Å². The van der Waals surface area contributed by atoms with Crippen molar-refractivity contribution in [2.24, 2.45) is 0 Å². The van der Waals surface area contributed by atoms with Crippen LogP contribution in [0, 0.1) is 6.92 Å². The zero-order chi connectivity index (χ0) is 16.2. The largest absolute Gasteiger partial charge is 0.357 e. The van der Waals surface area contributed by atoms with E-state index in [1.807, 2.05) is 6.92 Å². The molecule has 0 aliphatic rings. The molecular formula is C14H17ClN4O2S. The third kappa shape index (κ3) is 4.40. The summed E-state index contributed by atoms with van der Waals surface area (Å²) < 4.78 is 26.8. The molecule has 0 fully saturated rings. The van der Waals surface area contributed by atoms with Crippen LogP contribution in [0.1, 0.15) is 5.56 Å². The predicted octanol–water partition coefficient (Wildman–Crippen LogP) is 1.85. The number of likely N-dealkylation sites (N-methyl/N-ethyl adjacent to an activating group) is 1. The maximum absolute atomic E-state index is 12.1. The first kappa shape index (κ1) is 16.7. The number of hydrogen-bond acceptors (Lipinski definition) is 5. The third-order valence-corrected chi connectivity index (χ3v) is 4.71. The monoisotopic (exact) mass is 340 g/mol. The standard InChI is InChI=1S/C14H17ClN4O2S/c1-11-3-5-12(6-4-11)22(20,21)17-7-8-19(2)14-10-16-9-13(15)18-14/h3-6,9-10,17H,7-8H2,1-2H3. The number of aryl methyl sites for hydroxylation is 1. The second kappa shape index (κ2) is 7.04. The summed E-state index contributed by atoms with van der Waals surface area (Å²) in [7, 11) is -1.71. The highest BCUT2D eigenvalue weighted by molar-refractivity contribution is 7.89. The molecule has 0 saturated heterocycles. The van der Waals surface area contributed by atoms with Crippen LogP contribution in [-0.2, 0) is 10.0 Å². The van der Waals surface area contributed by atoms with E-state index in [-0.39, 0.29) is 11.4 Å². The molecule has 2 aromatic rings. The fraction of sp³-hybridized carbons (Fsp3) is 0.286. The molecule has 6 nitrogen and oxygen atoms in total. The first-order chi connectivity index (χ1) is 10.4. The van der Waals surface area contributed by atoms with Gasteiger partial charge in [-0.3, -0.25) is 4.98 Å². The normalized spacial score (nSPS) is 11.4. The van der Waals surface area contributed by atoms with Crippen molar-refractivity contribution in [1.82, 2.24) is 14.7 Å². The Balaban J connectivity index is 1.94. The Bertz CT molecular complexity index is 735. The number of nitrogens with one attached hydrogen (secondary N) is 1. The van der Waals surface area contributed by atoms with Crippen LogP contribution in [0.4, 0.5) is 5.82 Å². The SMILES string of the molecule is Cc1ccc(S(=O)(=O)NCCN(C)c2cncc(Cl)n2)cc1. The van der Waals surface area contributed by atoms with Gasteiger partial charge in [0.15, 0.2) is 0 Å². The maximum Gasteiger partial charge on any atom is 0.240 e. The lowest BCUT2D eigenvalue weighted by molar-refractivity contribution is 0.581. The van der Waals surface area contributed by atoms with E-state index in [1.54, 1.807) is 42.4 Å². The van der Waals surface area contributed by atoms with Gasteiger partial charge in [-0.2, -0.15) is 0 Å². The predicted molar refractivity (Wildman–Crippen MR) is 86.7 cm³/mol. The van der Waals surface area contributed by atoms with Crippen molar-refractivity contribution in [3.8, 4) is 0 Å². The molecule has 22 heavy (non-hydrogen) atoms. The minimum absolute atomic E-state index is 0.251. The molecule has 0 spiro atoms. The second-order valence-corrected chi connectivity index (χ2v) is 6.99. The quantitative estimate of drug-likeness (QED) is 0.868. The van der Waals surface area contributed by atoms with Crippen molar-refractivity contribution in [3.05, 3.63) is 47.4 Å². The number of anilines is 1. The van der Waals surface area contributed by atoms with E-state index in [2.05, 4.69) is 14.7 Å². The highest BCUT2D eigenvalue weighted by atomic mass is 35.5. The van der Waals surface area contributed by atoms with Crippen molar-refractivity contribution >= 4 is 27.4 Å². The van der Waals surface area contributed by atoms with Crippen LogP contribution in [0.25, 0.3) is 0 Å². The van der Waals surface area contributed by atoms with Gasteiger partial charge in [-0.1, -0.05) is 29.3 Å². The second-order valence-electron chi connectivity index (χ2n) is 4.83. The van der Waals surface area contributed by atoms with Crippen molar-refractivity contribution < 1.29 is 8.42 Å². The van der Waals surface area contributed by atoms with Crippen molar-refractivity contribution in [2.45, 2.75) is 11.8 Å². The van der Waals surface area contributed by atoms with E-state index in [1.165, 1.54) is 6.20 Å². The van der Waals surface area contributed by atoms with Crippen LogP contribution < -0.4 is 9.62 Å². The maximum atomic E-state index is 12.1. The van der Waals surface area contributed by atoms with E-state index < -0.39 is 10.0 Å². The van der Waals surface area contributed by atoms with Gasteiger partial charge in [0.05, 0.1) is 17.3 Å². The van der Waals surface area contributed by atoms with Crippen LogP contribution in [-0.4, -0.2) is 38.5 Å². The Hall–Kier alpha value is -1.70. The van der Waals surface area contributed by atoms with Crippen LogP contribution >= 0.6 is 11.6 Å². The molecule has 1 heterocycles. The molecule has 0 saturated carbocycles. The molecule has 0 amide bonds. The number of hydrogen-bond donors (Lipinski definition) is 1. The molecule has 1 N–H and O–H groups in total. The van der Waals surface area contributed by atoms with Crippen LogP contribution in [0.5, 0.6) is 0 Å². The summed E-state index contributed by atoms with van der Waals surface area (Å²) >= 11 is 5.78. The molecule has 8 heteroatoms. The summed E-state index contributed by atoms with van der Waals surface area (Å²) in [6.45, 7) is 2.60. The smallest absolute Gasteiger partial charge is 0.240 e. The topological polar surface area (TPSA) is 75.2 Å². The lowest BCUT2D eigenvalue weighted by Crippen LogP contribution is -2.33. The highest BCUT2D eigenvalue weighted by Gasteiger charge is 2.13. The molecule has 0 aliphatic carbocycles. The molecule has 1 aromatic heterocycles. The number of rotatable bonds is 6. The Morgan fingerprint density at radius 1 is 1.23 bits per heavy atom. The van der Waals surface area contributed by atoms with Crippen molar-refractivity contribution in [2.75, 3.05) is 25.0 Å². The molecular weight excluding hydrogens is 324 g/mol. The minimum Gasteiger partial charge on any atom is -0.357 e. The van der Waals surface area contributed by atoms with E-state index in [9.17, 15) is 8.42 Å². The van der Waals surface area contributed by atoms with Gasteiger partial charge in [-0.25, -0.2) is 18.1 Å². The molecule has 2 rings (SSSR count). The highest BCUT2D eigenvalue weighted by Crippen LogP contribution is 2.11. The lowest BCUT2D eigenvalue weighted by Gasteiger charge is -2.18. The summed E-state index contributed by atoms with van der Waals surface area (Å²) in [5, 5.41) is 0.296. The summed E-state index contributed by atoms with van der Waals surface area (Å²) in [6.07, 6.45) is 3.01. The van der Waals surface area contributed by atoms with Crippen molar-refractivity contribution in [3.63, 3.8) is 0 Å². The number of benzene rings is 1. The van der Waals surface area contributed by atoms with Gasteiger partial charge >= 0.3 is 0 Å². The number of nitrogens with zero attached hydrogens (tertiary/aromatic N) is 3. The molecule has 0 unspecified atom stereocenters. The fourth-order valence-corrected chi connectivity index (χ4v) is 2.94. The lowest BCUT2D eigenvalue weighted by atomic mass is 10.2. The van der Waals surface area contributed by atoms with Gasteiger partial charge in [0.1, 0.15) is 11.0 Å². The zero-order valence-electron chi connectivity index (χ0n) is 12.3. The Morgan fingerprint density at radius 3 is 2.55 bits per heavy atom. The van der Waals surface area contributed by atoms with Crippen LogP contribution in [0.3, 0.4) is 0 Å². The van der Waals surface area contributed by atoms with Gasteiger partial charge < -0.3 is 4.90 Å². The fourth-order valence-electron chi connectivity index (χ4n) is 1.78. The minimum atomic E-state index is -3.50. The Labute approximate surface area is 135 Å². The summed E-state index contributed by atoms with van der Waals surface area (Å²) in [5.41, 5.74) is 1.01. The van der Waals surface area contributed by atoms with Gasteiger partial charge in [0, 0.05) is 20.1 Å². The first-order valence-corrected chi connectivity index (χ1v) is 8.49. The first-order valence-electron chi connectivity index (χ1n) is 6.63. The molecule has 1 aromatic carbocycles. The summed E-state index contributed by atoms with van der Waals surface area (Å²) in [4.78, 5) is 10.1. The van der Waals surface area contributed by atoms with E-state index >= 15 is 0 Å². The summed E-state index contributed by atoms with van der Waals surface area (Å²) in [5.74, 6) is 0.585. The number of halogens is 1. The van der Waals surface area contributed by atoms with Crippen LogP contribution in [0.15, 0.2) is 41.6 Å². The molecule has 118 valence electrons.